The second kappa shape index (κ2) is 9.34. The minimum absolute atomic E-state index is 0.640. The van der Waals surface area contributed by atoms with Gasteiger partial charge in [0.1, 0.15) is 0 Å². The summed E-state index contributed by atoms with van der Waals surface area (Å²) in [6.45, 7) is 13.9. The van der Waals surface area contributed by atoms with Crippen LogP contribution in [0.15, 0.2) is 55.9 Å². The molecule has 0 aliphatic carbocycles. The number of allylic oxidation sites excluding steroid dienone is 2. The number of hydrogen-bond acceptors (Lipinski definition) is 3. The summed E-state index contributed by atoms with van der Waals surface area (Å²) in [5.74, 6) is 0.825. The molecule has 0 spiro atoms. The van der Waals surface area contributed by atoms with Crippen molar-refractivity contribution in [2.45, 2.75) is 27.3 Å². The molecule has 0 unspecified atom stereocenters. The van der Waals surface area contributed by atoms with Crippen LogP contribution in [0.4, 0.5) is 0 Å². The van der Waals surface area contributed by atoms with Crippen LogP contribution in [-0.2, 0) is 6.54 Å². The number of nitrogens with zero attached hydrogens (tertiary/aromatic N) is 3. The number of nitrogens with one attached hydrogen (secondary N) is 1. The average Bonchev–Trinajstić information content (AvgIpc) is 2.88. The Kier molecular flexibility index (Phi) is 7.40. The monoisotopic (exact) mass is 296 g/mol. The zero-order valence-electron chi connectivity index (χ0n) is 13.6. The zero-order valence-corrected chi connectivity index (χ0v) is 13.6. The summed E-state index contributed by atoms with van der Waals surface area (Å²) in [7, 11) is 0. The second-order valence-electron chi connectivity index (χ2n) is 4.64. The van der Waals surface area contributed by atoms with Gasteiger partial charge >= 0.3 is 0 Å². The van der Waals surface area contributed by atoms with Gasteiger partial charge in [-0.15, -0.1) is 6.58 Å². The molecule has 116 valence electrons. The normalized spacial score (nSPS) is 9.95. The van der Waals surface area contributed by atoms with Gasteiger partial charge in [-0.25, -0.2) is 4.98 Å². The van der Waals surface area contributed by atoms with E-state index in [1.807, 2.05) is 62.0 Å². The summed E-state index contributed by atoms with van der Waals surface area (Å²) in [4.78, 5) is 8.64. The lowest BCUT2D eigenvalue weighted by molar-refractivity contribution is 0.838. The third kappa shape index (κ3) is 5.05. The van der Waals surface area contributed by atoms with E-state index < -0.39 is 0 Å². The van der Waals surface area contributed by atoms with Gasteiger partial charge < -0.3 is 9.88 Å². The van der Waals surface area contributed by atoms with Gasteiger partial charge in [0.2, 0.25) is 0 Å². The minimum atomic E-state index is 0.640. The fourth-order valence-corrected chi connectivity index (χ4v) is 1.79. The number of hydrogen-bond donors (Lipinski definition) is 1. The Morgan fingerprint density at radius 3 is 2.64 bits per heavy atom. The molecule has 0 atom stereocenters. The third-order valence-electron chi connectivity index (χ3n) is 2.76. The van der Waals surface area contributed by atoms with Crippen LogP contribution >= 0.6 is 0 Å². The summed E-state index contributed by atoms with van der Waals surface area (Å²) in [5.41, 5.74) is 2.84. The zero-order chi connectivity index (χ0) is 16.4. The highest BCUT2D eigenvalue weighted by molar-refractivity contribution is 5.58. The molecular weight excluding hydrogens is 272 g/mol. The maximum atomic E-state index is 4.38. The van der Waals surface area contributed by atoms with Crippen molar-refractivity contribution in [2.24, 2.45) is 0 Å². The molecule has 0 fully saturated rings. The molecule has 22 heavy (non-hydrogen) atoms. The number of pyridine rings is 1. The Morgan fingerprint density at radius 2 is 2.05 bits per heavy atom. The summed E-state index contributed by atoms with van der Waals surface area (Å²) in [6, 6.07) is 5.85. The lowest BCUT2D eigenvalue weighted by atomic mass is 10.3. The van der Waals surface area contributed by atoms with Crippen LogP contribution in [-0.4, -0.2) is 14.5 Å². The predicted molar refractivity (Wildman–Crippen MR) is 93.9 cm³/mol. The van der Waals surface area contributed by atoms with Crippen LogP contribution < -0.4 is 5.32 Å². The largest absolute Gasteiger partial charge is 0.377 e. The molecular formula is C18H24N4. The van der Waals surface area contributed by atoms with Gasteiger partial charge in [0.05, 0.1) is 17.9 Å². The Labute approximate surface area is 132 Å². The highest BCUT2D eigenvalue weighted by atomic mass is 15.1. The first-order valence-electron chi connectivity index (χ1n) is 7.20. The van der Waals surface area contributed by atoms with Crippen LogP contribution in [0.25, 0.3) is 11.9 Å². The smallest absolute Gasteiger partial charge is 0.159 e. The fourth-order valence-electron chi connectivity index (χ4n) is 1.79. The van der Waals surface area contributed by atoms with Gasteiger partial charge in [0.15, 0.2) is 5.82 Å². The van der Waals surface area contributed by atoms with Crippen molar-refractivity contribution in [2.75, 3.05) is 0 Å². The second-order valence-corrected chi connectivity index (χ2v) is 4.64. The Bertz CT molecular complexity index is 624. The van der Waals surface area contributed by atoms with E-state index in [1.165, 1.54) is 0 Å². The molecule has 0 saturated heterocycles. The SMILES string of the molecule is C=C(NCc1ccccn1)c1ncc(C)n1/C=C\C.C=CC. The molecule has 2 heterocycles. The van der Waals surface area contributed by atoms with Crippen molar-refractivity contribution >= 4 is 11.9 Å². The highest BCUT2D eigenvalue weighted by Crippen LogP contribution is 2.12. The molecule has 4 nitrogen and oxygen atoms in total. The average molecular weight is 296 g/mol. The number of imidazole rings is 1. The molecule has 2 aromatic rings. The molecule has 0 radical (unpaired) electrons. The molecule has 1 N–H and O–H groups in total. The van der Waals surface area contributed by atoms with Crippen molar-refractivity contribution in [1.29, 1.82) is 0 Å². The van der Waals surface area contributed by atoms with Crippen molar-refractivity contribution in [3.05, 3.63) is 73.1 Å². The van der Waals surface area contributed by atoms with Crippen molar-refractivity contribution in [3.8, 4) is 0 Å². The van der Waals surface area contributed by atoms with Gasteiger partial charge in [0.25, 0.3) is 0 Å². The van der Waals surface area contributed by atoms with Crippen molar-refractivity contribution < 1.29 is 0 Å². The quantitative estimate of drug-likeness (QED) is 0.847. The van der Waals surface area contributed by atoms with E-state index in [0.29, 0.717) is 6.54 Å². The van der Waals surface area contributed by atoms with E-state index in [-0.39, 0.29) is 0 Å². The Hall–Kier alpha value is -2.62. The predicted octanol–water partition coefficient (Wildman–Crippen LogP) is 4.03. The fraction of sp³-hybridized carbons (Fsp3) is 0.222. The van der Waals surface area contributed by atoms with E-state index in [9.17, 15) is 0 Å². The van der Waals surface area contributed by atoms with Crippen molar-refractivity contribution in [3.63, 3.8) is 0 Å². The van der Waals surface area contributed by atoms with E-state index in [4.69, 9.17) is 0 Å². The highest BCUT2D eigenvalue weighted by Gasteiger charge is 2.08. The molecule has 2 aromatic heterocycles. The molecule has 0 saturated carbocycles. The first-order chi connectivity index (χ1) is 10.6. The summed E-state index contributed by atoms with van der Waals surface area (Å²) in [5, 5.41) is 3.25. The molecule has 0 aliphatic heterocycles. The van der Waals surface area contributed by atoms with E-state index in [2.05, 4.69) is 28.4 Å². The van der Waals surface area contributed by atoms with Crippen LogP contribution in [0.5, 0.6) is 0 Å². The summed E-state index contributed by atoms with van der Waals surface area (Å²) >= 11 is 0. The molecule has 4 heteroatoms. The molecule has 0 bridgehead atoms. The van der Waals surface area contributed by atoms with Gasteiger partial charge in [-0.3, -0.25) is 4.98 Å². The summed E-state index contributed by atoms with van der Waals surface area (Å²) in [6.07, 6.45) is 9.32. The van der Waals surface area contributed by atoms with Gasteiger partial charge in [0, 0.05) is 24.3 Å². The molecule has 2 rings (SSSR count). The van der Waals surface area contributed by atoms with Crippen LogP contribution in [0, 0.1) is 6.92 Å². The van der Waals surface area contributed by atoms with Gasteiger partial charge in [-0.05, 0) is 32.9 Å². The maximum Gasteiger partial charge on any atom is 0.159 e. The first-order valence-corrected chi connectivity index (χ1v) is 7.20. The van der Waals surface area contributed by atoms with Gasteiger partial charge in [-0.1, -0.05) is 24.8 Å². The maximum absolute atomic E-state index is 4.38. The van der Waals surface area contributed by atoms with Crippen LogP contribution in [0.1, 0.15) is 31.1 Å². The first kappa shape index (κ1) is 17.4. The van der Waals surface area contributed by atoms with Crippen LogP contribution in [0.3, 0.4) is 0 Å². The number of aromatic nitrogens is 3. The van der Waals surface area contributed by atoms with Crippen LogP contribution in [0.2, 0.25) is 0 Å². The van der Waals surface area contributed by atoms with E-state index in [1.54, 1.807) is 12.3 Å². The van der Waals surface area contributed by atoms with E-state index >= 15 is 0 Å². The lowest BCUT2D eigenvalue weighted by Gasteiger charge is -2.10. The Morgan fingerprint density at radius 1 is 1.32 bits per heavy atom. The topological polar surface area (TPSA) is 42.7 Å². The molecule has 0 amide bonds. The number of aryl methyl sites for hydroxylation is 1. The standard InChI is InChI=1S/C15H18N4.C3H6/c1-4-9-19-12(2)10-18-15(19)13(3)17-11-14-7-5-6-8-16-14;1-3-2/h4-10,17H,3,11H2,1-2H3;3H,1H2,2H3/b9-4-;. The Balaban J connectivity index is 0.000000745. The van der Waals surface area contributed by atoms with Crippen molar-refractivity contribution in [1.82, 2.24) is 19.9 Å². The third-order valence-corrected chi connectivity index (χ3v) is 2.76. The lowest BCUT2D eigenvalue weighted by Crippen LogP contribution is -2.14. The molecule has 0 aliphatic rings. The number of rotatable bonds is 5. The summed E-state index contributed by atoms with van der Waals surface area (Å²) < 4.78 is 2.01. The minimum Gasteiger partial charge on any atom is -0.377 e. The molecule has 0 aromatic carbocycles. The van der Waals surface area contributed by atoms with E-state index in [0.717, 1.165) is 22.9 Å². The van der Waals surface area contributed by atoms with Gasteiger partial charge in [-0.2, -0.15) is 0 Å².